The van der Waals surface area contributed by atoms with Crippen LogP contribution in [-0.2, 0) is 0 Å². The van der Waals surface area contributed by atoms with E-state index in [4.69, 9.17) is 0 Å². The average molecular weight is 308 g/mol. The zero-order chi connectivity index (χ0) is 10.1. The third kappa shape index (κ3) is 4.15. The van der Waals surface area contributed by atoms with Crippen molar-refractivity contribution in [1.29, 1.82) is 0 Å². The smallest absolute Gasteiger partial charge is 0.0483 e. The first-order valence-corrected chi connectivity index (χ1v) is 10.2. The molecule has 0 aromatic carbocycles. The van der Waals surface area contributed by atoms with Crippen molar-refractivity contribution < 1.29 is 0 Å². The Hall–Kier alpha value is 0.687. The molecule has 0 saturated heterocycles. The van der Waals surface area contributed by atoms with E-state index >= 15 is 0 Å². The normalized spacial score (nSPS) is 25.2. The zero-order valence-corrected chi connectivity index (χ0v) is 12.4. The highest BCUT2D eigenvalue weighted by Crippen LogP contribution is 2.33. The van der Waals surface area contributed by atoms with Crippen molar-refractivity contribution in [2.24, 2.45) is 0 Å². The predicted molar refractivity (Wildman–Crippen MR) is 72.5 cm³/mol. The molecule has 1 aliphatic rings. The van der Waals surface area contributed by atoms with Gasteiger partial charge in [0.25, 0.3) is 0 Å². The Morgan fingerprint density at radius 1 is 1.38 bits per heavy atom. The van der Waals surface area contributed by atoms with E-state index in [1.165, 1.54) is 25.3 Å². The first-order valence-electron chi connectivity index (χ1n) is 5.20. The van der Waals surface area contributed by atoms with E-state index in [0.717, 1.165) is 3.92 Å². The van der Waals surface area contributed by atoms with Crippen LogP contribution in [0.1, 0.15) is 26.2 Å². The fraction of sp³-hybridized carbons (Fsp3) is 0.818. The summed E-state index contributed by atoms with van der Waals surface area (Å²) in [5.74, 6) is 0. The summed E-state index contributed by atoms with van der Waals surface area (Å²) in [6.07, 6.45) is 4.14. The van der Waals surface area contributed by atoms with Gasteiger partial charge in [-0.25, -0.2) is 0 Å². The van der Waals surface area contributed by atoms with Crippen LogP contribution >= 0.6 is 22.6 Å². The van der Waals surface area contributed by atoms with Crippen LogP contribution in [-0.4, -0.2) is 12.0 Å². The molecule has 1 aliphatic carbocycles. The van der Waals surface area contributed by atoms with E-state index < -0.39 is 8.07 Å². The second-order valence-corrected chi connectivity index (χ2v) is 12.7. The molecule has 0 aromatic heterocycles. The highest BCUT2D eigenvalue weighted by molar-refractivity contribution is 14.1. The van der Waals surface area contributed by atoms with Crippen LogP contribution in [0.3, 0.4) is 0 Å². The molecule has 0 aliphatic heterocycles. The summed E-state index contributed by atoms with van der Waals surface area (Å²) in [5, 5.41) is 0. The molecule has 0 saturated carbocycles. The lowest BCUT2D eigenvalue weighted by Crippen LogP contribution is -2.22. The maximum absolute atomic E-state index is 2.60. The predicted octanol–water partition coefficient (Wildman–Crippen LogP) is 4.63. The molecule has 0 aromatic rings. The van der Waals surface area contributed by atoms with Crippen molar-refractivity contribution >= 4 is 30.7 Å². The van der Waals surface area contributed by atoms with Gasteiger partial charge in [0.1, 0.15) is 0 Å². The van der Waals surface area contributed by atoms with Gasteiger partial charge in [0.05, 0.1) is 0 Å². The standard InChI is InChI=1S/C11H21ISi/c1-9-7-11(12)6-5-10(9)8-13(2,3)4/h11H,5-8H2,1-4H3/t11-/m0/s1. The SMILES string of the molecule is CC1=C(C[Si](C)(C)C)CC[C@H](I)C1. The van der Waals surface area contributed by atoms with Crippen molar-refractivity contribution in [3.8, 4) is 0 Å². The van der Waals surface area contributed by atoms with Crippen LogP contribution in [0.4, 0.5) is 0 Å². The van der Waals surface area contributed by atoms with Crippen LogP contribution in [0.15, 0.2) is 11.1 Å². The van der Waals surface area contributed by atoms with Gasteiger partial charge in [-0.2, -0.15) is 0 Å². The number of halogens is 1. The summed E-state index contributed by atoms with van der Waals surface area (Å²) in [4.78, 5) is 0. The minimum absolute atomic E-state index is 0.869. The molecule has 0 spiro atoms. The van der Waals surface area contributed by atoms with E-state index in [-0.39, 0.29) is 0 Å². The Bertz CT molecular complexity index is 213. The van der Waals surface area contributed by atoms with Crippen molar-refractivity contribution in [1.82, 2.24) is 0 Å². The Morgan fingerprint density at radius 2 is 2.00 bits per heavy atom. The molecule has 0 nitrogen and oxygen atoms in total. The molecule has 0 unspecified atom stereocenters. The first-order chi connectivity index (χ1) is 5.88. The van der Waals surface area contributed by atoms with E-state index in [9.17, 15) is 0 Å². The van der Waals surface area contributed by atoms with Crippen molar-refractivity contribution in [2.75, 3.05) is 0 Å². The second-order valence-electron chi connectivity index (χ2n) is 5.46. The molecule has 13 heavy (non-hydrogen) atoms. The van der Waals surface area contributed by atoms with Crippen molar-refractivity contribution in [3.63, 3.8) is 0 Å². The minimum atomic E-state index is -0.869. The third-order valence-electron chi connectivity index (χ3n) is 2.63. The van der Waals surface area contributed by atoms with Crippen molar-refractivity contribution in [2.45, 2.75) is 55.8 Å². The van der Waals surface area contributed by atoms with Crippen LogP contribution in [0, 0.1) is 0 Å². The number of hydrogen-bond acceptors (Lipinski definition) is 0. The van der Waals surface area contributed by atoms with Crippen LogP contribution in [0.25, 0.3) is 0 Å². The summed E-state index contributed by atoms with van der Waals surface area (Å²) in [5.41, 5.74) is 3.50. The Kier molecular flexibility index (Phi) is 4.04. The highest BCUT2D eigenvalue weighted by atomic mass is 127. The summed E-state index contributed by atoms with van der Waals surface area (Å²) < 4.78 is 0.906. The zero-order valence-electron chi connectivity index (χ0n) is 9.28. The quantitative estimate of drug-likeness (QED) is 0.302. The maximum atomic E-state index is 2.60. The first kappa shape index (κ1) is 11.8. The molecule has 0 fully saturated rings. The third-order valence-corrected chi connectivity index (χ3v) is 5.18. The van der Waals surface area contributed by atoms with Gasteiger partial charge in [-0.3, -0.25) is 0 Å². The van der Waals surface area contributed by atoms with Gasteiger partial charge in [-0.15, -0.1) is 0 Å². The van der Waals surface area contributed by atoms with Gasteiger partial charge in [0, 0.05) is 12.0 Å². The average Bonchev–Trinajstić information content (AvgIpc) is 1.93. The molecule has 0 radical (unpaired) electrons. The van der Waals surface area contributed by atoms with Crippen molar-refractivity contribution in [3.05, 3.63) is 11.1 Å². The molecule has 2 heteroatoms. The molecule has 0 heterocycles. The van der Waals surface area contributed by atoms with E-state index in [0.29, 0.717) is 0 Å². The summed E-state index contributed by atoms with van der Waals surface area (Å²) in [7, 11) is -0.869. The largest absolute Gasteiger partial charge is 0.0823 e. The number of alkyl halides is 1. The fourth-order valence-corrected chi connectivity index (χ4v) is 4.73. The summed E-state index contributed by atoms with van der Waals surface area (Å²) >= 11 is 2.60. The fourth-order valence-electron chi connectivity index (χ4n) is 2.00. The number of allylic oxidation sites excluding steroid dienone is 2. The summed E-state index contributed by atoms with van der Waals surface area (Å²) in [6, 6.07) is 1.43. The molecule has 0 amide bonds. The Balaban J connectivity index is 2.64. The molecule has 0 N–H and O–H groups in total. The van der Waals surface area contributed by atoms with E-state index in [1.807, 2.05) is 0 Å². The van der Waals surface area contributed by atoms with Gasteiger partial charge in [0.2, 0.25) is 0 Å². The summed E-state index contributed by atoms with van der Waals surface area (Å²) in [6.45, 7) is 9.77. The minimum Gasteiger partial charge on any atom is -0.0823 e. The monoisotopic (exact) mass is 308 g/mol. The molecule has 0 bridgehead atoms. The maximum Gasteiger partial charge on any atom is 0.0483 e. The molecule has 76 valence electrons. The van der Waals surface area contributed by atoms with Gasteiger partial charge in [-0.1, -0.05) is 53.4 Å². The molecular formula is C11H21ISi. The van der Waals surface area contributed by atoms with Crippen LogP contribution in [0.5, 0.6) is 0 Å². The number of rotatable bonds is 2. The van der Waals surface area contributed by atoms with Gasteiger partial charge < -0.3 is 0 Å². The van der Waals surface area contributed by atoms with Crippen LogP contribution < -0.4 is 0 Å². The van der Waals surface area contributed by atoms with Gasteiger partial charge in [-0.05, 0) is 32.2 Å². The van der Waals surface area contributed by atoms with Gasteiger partial charge in [0.15, 0.2) is 0 Å². The number of hydrogen-bond donors (Lipinski definition) is 0. The van der Waals surface area contributed by atoms with E-state index in [2.05, 4.69) is 49.2 Å². The second kappa shape index (κ2) is 4.47. The Labute approximate surface area is 97.3 Å². The highest BCUT2D eigenvalue weighted by Gasteiger charge is 2.21. The topological polar surface area (TPSA) is 0 Å². The lowest BCUT2D eigenvalue weighted by atomic mass is 9.94. The molecular weight excluding hydrogens is 287 g/mol. The molecule has 1 rings (SSSR count). The Morgan fingerprint density at radius 3 is 2.46 bits per heavy atom. The van der Waals surface area contributed by atoms with Crippen LogP contribution in [0.2, 0.25) is 25.7 Å². The lowest BCUT2D eigenvalue weighted by molar-refractivity contribution is 0.705. The van der Waals surface area contributed by atoms with E-state index in [1.54, 1.807) is 11.1 Å². The molecule has 1 atom stereocenters. The lowest BCUT2D eigenvalue weighted by Gasteiger charge is -2.26. The van der Waals surface area contributed by atoms with Gasteiger partial charge >= 0.3 is 0 Å².